The molecule has 0 N–H and O–H groups in total. The Hall–Kier alpha value is -3.03. The highest BCUT2D eigenvalue weighted by atomic mass is 19.4. The van der Waals surface area contributed by atoms with Crippen LogP contribution in [0.5, 0.6) is 11.5 Å². The van der Waals surface area contributed by atoms with Gasteiger partial charge in [0, 0.05) is 0 Å². The Morgan fingerprint density at radius 3 is 2.19 bits per heavy atom. The van der Waals surface area contributed by atoms with Crippen LogP contribution in [0.1, 0.15) is 22.8 Å². The van der Waals surface area contributed by atoms with Crippen LogP contribution in [-0.2, 0) is 15.7 Å². The summed E-state index contributed by atoms with van der Waals surface area (Å²) in [6, 6.07) is 10.1. The molecule has 0 aliphatic rings. The fourth-order valence-corrected chi connectivity index (χ4v) is 2.02. The molecule has 0 spiro atoms. The molecule has 2 aromatic rings. The van der Waals surface area contributed by atoms with Gasteiger partial charge in [-0.05, 0) is 43.3 Å². The summed E-state index contributed by atoms with van der Waals surface area (Å²) in [4.78, 5) is 23.4. The number of hydrogen-bond acceptors (Lipinski definition) is 5. The molecule has 0 bridgehead atoms. The van der Waals surface area contributed by atoms with Gasteiger partial charge >= 0.3 is 18.1 Å². The number of carbonyl (C=O) groups is 2. The zero-order valence-corrected chi connectivity index (χ0v) is 13.9. The van der Waals surface area contributed by atoms with Crippen molar-refractivity contribution in [2.24, 2.45) is 0 Å². The topological polar surface area (TPSA) is 61.8 Å². The molecular formula is C18H15F3O5. The van der Waals surface area contributed by atoms with Gasteiger partial charge in [-0.3, -0.25) is 0 Å². The fraction of sp³-hybridized carbons (Fsp3) is 0.222. The van der Waals surface area contributed by atoms with Crippen molar-refractivity contribution in [3.63, 3.8) is 0 Å². The number of ether oxygens (including phenoxy) is 3. The molecule has 0 radical (unpaired) electrons. The fourth-order valence-electron chi connectivity index (χ4n) is 2.02. The summed E-state index contributed by atoms with van der Waals surface area (Å²) < 4.78 is 53.5. The molecule has 2 rings (SSSR count). The van der Waals surface area contributed by atoms with Crippen LogP contribution in [0.15, 0.2) is 48.5 Å². The van der Waals surface area contributed by atoms with Crippen LogP contribution in [0, 0.1) is 0 Å². The van der Waals surface area contributed by atoms with Crippen molar-refractivity contribution in [3.8, 4) is 11.5 Å². The number of para-hydroxylation sites is 1. The van der Waals surface area contributed by atoms with Crippen LogP contribution in [-0.4, -0.2) is 25.2 Å². The molecule has 1 unspecified atom stereocenters. The van der Waals surface area contributed by atoms with Gasteiger partial charge in [0.25, 0.3) is 0 Å². The quantitative estimate of drug-likeness (QED) is 0.592. The van der Waals surface area contributed by atoms with Crippen LogP contribution < -0.4 is 9.47 Å². The number of benzene rings is 2. The van der Waals surface area contributed by atoms with E-state index in [1.54, 1.807) is 0 Å². The second-order valence-electron chi connectivity index (χ2n) is 5.19. The highest BCUT2D eigenvalue weighted by molar-refractivity contribution is 5.89. The van der Waals surface area contributed by atoms with Crippen molar-refractivity contribution < 1.29 is 37.0 Å². The summed E-state index contributed by atoms with van der Waals surface area (Å²) in [7, 11) is 1.23. The average molecular weight is 368 g/mol. The maximum absolute atomic E-state index is 12.9. The standard InChI is InChI=1S/C18H15F3O5/c1-11(25-15-6-4-3-5-14(15)18(19,20)21)16(22)26-13-9-7-12(8-10-13)17(23)24-2/h3-11H,1-2H3. The molecule has 0 aliphatic carbocycles. The lowest BCUT2D eigenvalue weighted by Crippen LogP contribution is -2.29. The molecule has 0 fully saturated rings. The molecule has 26 heavy (non-hydrogen) atoms. The minimum absolute atomic E-state index is 0.113. The van der Waals surface area contributed by atoms with E-state index in [2.05, 4.69) is 4.74 Å². The molecular weight excluding hydrogens is 353 g/mol. The largest absolute Gasteiger partial charge is 0.478 e. The molecule has 0 saturated heterocycles. The third-order valence-electron chi connectivity index (χ3n) is 3.32. The van der Waals surface area contributed by atoms with E-state index in [-0.39, 0.29) is 11.3 Å². The molecule has 0 saturated carbocycles. The Kier molecular flexibility index (Phi) is 5.86. The van der Waals surface area contributed by atoms with Gasteiger partial charge in [0.05, 0.1) is 18.2 Å². The van der Waals surface area contributed by atoms with E-state index in [4.69, 9.17) is 9.47 Å². The summed E-state index contributed by atoms with van der Waals surface area (Å²) in [6.07, 6.45) is -5.89. The maximum atomic E-state index is 12.9. The van der Waals surface area contributed by atoms with Gasteiger partial charge in [-0.1, -0.05) is 12.1 Å². The molecule has 5 nitrogen and oxygen atoms in total. The zero-order chi connectivity index (χ0) is 19.3. The van der Waals surface area contributed by atoms with Gasteiger partial charge in [0.2, 0.25) is 0 Å². The lowest BCUT2D eigenvalue weighted by Gasteiger charge is -2.17. The first kappa shape index (κ1) is 19.3. The number of methoxy groups -OCH3 is 1. The number of carbonyl (C=O) groups excluding carboxylic acids is 2. The van der Waals surface area contributed by atoms with E-state index in [0.717, 1.165) is 12.1 Å². The van der Waals surface area contributed by atoms with Gasteiger partial charge in [-0.2, -0.15) is 13.2 Å². The summed E-state index contributed by atoms with van der Waals surface area (Å²) in [5.41, 5.74) is -0.724. The minimum Gasteiger partial charge on any atom is -0.478 e. The zero-order valence-electron chi connectivity index (χ0n) is 13.9. The monoisotopic (exact) mass is 368 g/mol. The number of halogens is 3. The predicted molar refractivity (Wildman–Crippen MR) is 85.0 cm³/mol. The van der Waals surface area contributed by atoms with Crippen molar-refractivity contribution in [2.75, 3.05) is 7.11 Å². The molecule has 0 heterocycles. The number of esters is 2. The van der Waals surface area contributed by atoms with Crippen molar-refractivity contribution in [3.05, 3.63) is 59.7 Å². The summed E-state index contributed by atoms with van der Waals surface area (Å²) >= 11 is 0. The van der Waals surface area contributed by atoms with Crippen LogP contribution in [0.25, 0.3) is 0 Å². The first-order valence-electron chi connectivity index (χ1n) is 7.45. The molecule has 0 aliphatic heterocycles. The predicted octanol–water partition coefficient (Wildman–Crippen LogP) is 3.86. The van der Waals surface area contributed by atoms with E-state index in [9.17, 15) is 22.8 Å². The molecule has 0 amide bonds. The van der Waals surface area contributed by atoms with Gasteiger partial charge in [-0.15, -0.1) is 0 Å². The highest BCUT2D eigenvalue weighted by Gasteiger charge is 2.35. The molecule has 2 aromatic carbocycles. The Bertz CT molecular complexity index is 784. The number of hydrogen-bond donors (Lipinski definition) is 0. The Morgan fingerprint density at radius 2 is 1.62 bits per heavy atom. The van der Waals surface area contributed by atoms with Crippen LogP contribution in [0.4, 0.5) is 13.2 Å². The van der Waals surface area contributed by atoms with Gasteiger partial charge < -0.3 is 14.2 Å². The van der Waals surface area contributed by atoms with Crippen molar-refractivity contribution in [1.82, 2.24) is 0 Å². The Balaban J connectivity index is 2.06. The minimum atomic E-state index is -4.61. The smallest absolute Gasteiger partial charge is 0.419 e. The third kappa shape index (κ3) is 4.75. The van der Waals surface area contributed by atoms with Gasteiger partial charge in [0.15, 0.2) is 6.10 Å². The highest BCUT2D eigenvalue weighted by Crippen LogP contribution is 2.36. The average Bonchev–Trinajstić information content (AvgIpc) is 2.61. The van der Waals surface area contributed by atoms with E-state index in [1.807, 2.05) is 0 Å². The van der Waals surface area contributed by atoms with Crippen LogP contribution in [0.3, 0.4) is 0 Å². The lowest BCUT2D eigenvalue weighted by atomic mass is 10.2. The SMILES string of the molecule is COC(=O)c1ccc(OC(=O)C(C)Oc2ccccc2C(F)(F)F)cc1. The van der Waals surface area contributed by atoms with Gasteiger partial charge in [-0.25, -0.2) is 9.59 Å². The van der Waals surface area contributed by atoms with E-state index >= 15 is 0 Å². The Morgan fingerprint density at radius 1 is 1.00 bits per heavy atom. The third-order valence-corrected chi connectivity index (χ3v) is 3.32. The summed E-state index contributed by atoms with van der Waals surface area (Å²) in [6.45, 7) is 1.28. The number of rotatable bonds is 5. The maximum Gasteiger partial charge on any atom is 0.419 e. The molecule has 0 aromatic heterocycles. The normalized spacial score (nSPS) is 12.2. The Labute approximate surface area is 147 Å². The van der Waals surface area contributed by atoms with Crippen molar-refractivity contribution in [1.29, 1.82) is 0 Å². The van der Waals surface area contributed by atoms with Crippen molar-refractivity contribution in [2.45, 2.75) is 19.2 Å². The van der Waals surface area contributed by atoms with E-state index in [0.29, 0.717) is 0 Å². The van der Waals surface area contributed by atoms with Crippen LogP contribution in [0.2, 0.25) is 0 Å². The van der Waals surface area contributed by atoms with Gasteiger partial charge in [0.1, 0.15) is 11.5 Å². The summed E-state index contributed by atoms with van der Waals surface area (Å²) in [5, 5.41) is 0. The summed E-state index contributed by atoms with van der Waals surface area (Å²) in [5.74, 6) is -1.79. The first-order chi connectivity index (χ1) is 12.2. The lowest BCUT2D eigenvalue weighted by molar-refractivity contribution is -0.145. The van der Waals surface area contributed by atoms with E-state index in [1.165, 1.54) is 50.4 Å². The molecule has 1 atom stereocenters. The first-order valence-corrected chi connectivity index (χ1v) is 7.45. The van der Waals surface area contributed by atoms with Crippen molar-refractivity contribution >= 4 is 11.9 Å². The second-order valence-corrected chi connectivity index (χ2v) is 5.19. The van der Waals surface area contributed by atoms with Crippen LogP contribution >= 0.6 is 0 Å². The number of alkyl halides is 3. The molecule has 138 valence electrons. The second kappa shape index (κ2) is 7.90. The molecule has 8 heteroatoms. The van der Waals surface area contributed by atoms with E-state index < -0.39 is 35.5 Å².